The molecule has 2 aromatic rings. The van der Waals surface area contributed by atoms with Gasteiger partial charge in [-0.2, -0.15) is 0 Å². The molecule has 0 fully saturated rings. The zero-order chi connectivity index (χ0) is 20.0. The van der Waals surface area contributed by atoms with Gasteiger partial charge in [-0.25, -0.2) is 0 Å². The summed E-state index contributed by atoms with van der Waals surface area (Å²) in [6.07, 6.45) is 0.912. The summed E-state index contributed by atoms with van der Waals surface area (Å²) in [6, 6.07) is 9.67. The van der Waals surface area contributed by atoms with Crippen molar-refractivity contribution in [1.29, 1.82) is 0 Å². The molecule has 0 amide bonds. The molecule has 0 unspecified atom stereocenters. The van der Waals surface area contributed by atoms with E-state index in [0.717, 1.165) is 30.3 Å². The molecule has 0 atom stereocenters. The molecule has 146 valence electrons. The molecule has 5 nitrogen and oxygen atoms in total. The van der Waals surface area contributed by atoms with Crippen LogP contribution in [0.25, 0.3) is 10.8 Å². The summed E-state index contributed by atoms with van der Waals surface area (Å²) in [5, 5.41) is 5.18. The normalized spacial score (nSPS) is 11.2. The Kier molecular flexibility index (Phi) is 7.36. The fourth-order valence-corrected chi connectivity index (χ4v) is 2.48. The molecule has 27 heavy (non-hydrogen) atoms. The molecular weight excluding hydrogens is 342 g/mol. The van der Waals surface area contributed by atoms with E-state index in [1.165, 1.54) is 5.56 Å². The monoisotopic (exact) mass is 371 g/mol. The first kappa shape index (κ1) is 20.9. The van der Waals surface area contributed by atoms with Gasteiger partial charge in [-0.05, 0) is 48.0 Å². The molecule has 0 heterocycles. The highest BCUT2D eigenvalue weighted by Gasteiger charge is 2.18. The molecule has 0 radical (unpaired) electrons. The highest BCUT2D eigenvalue weighted by Crippen LogP contribution is 2.34. The Bertz CT molecular complexity index is 811. The first-order chi connectivity index (χ1) is 12.8. The lowest BCUT2D eigenvalue weighted by Gasteiger charge is -2.14. The maximum atomic E-state index is 12.1. The van der Waals surface area contributed by atoms with Gasteiger partial charge in [-0.15, -0.1) is 0 Å². The van der Waals surface area contributed by atoms with Crippen molar-refractivity contribution in [2.45, 2.75) is 41.0 Å². The Morgan fingerprint density at radius 1 is 0.889 bits per heavy atom. The van der Waals surface area contributed by atoms with Crippen molar-refractivity contribution < 1.29 is 19.1 Å². The fraction of sp³-hybridized carbons (Fsp3) is 0.455. The van der Waals surface area contributed by atoms with E-state index in [4.69, 9.17) is 9.47 Å². The SMILES string of the molecule is CCNCCc1ccc2cc(OC(=O)C(C)C)c(OC(=O)C(C)C)cc2c1. The van der Waals surface area contributed by atoms with Crippen LogP contribution in [-0.4, -0.2) is 25.0 Å². The van der Waals surface area contributed by atoms with Crippen molar-refractivity contribution in [2.24, 2.45) is 11.8 Å². The third-order valence-corrected chi connectivity index (χ3v) is 4.17. The molecule has 2 rings (SSSR count). The van der Waals surface area contributed by atoms with Gasteiger partial charge in [-0.3, -0.25) is 9.59 Å². The number of nitrogens with one attached hydrogen (secondary N) is 1. The summed E-state index contributed by atoms with van der Waals surface area (Å²) in [6.45, 7) is 11.0. The average Bonchev–Trinajstić information content (AvgIpc) is 2.62. The standard InChI is InChI=1S/C22H29NO4/c1-6-23-10-9-16-7-8-17-12-19(26-21(24)14(2)3)20(13-18(17)11-16)27-22(25)15(4)5/h7-8,11-15,23H,6,9-10H2,1-5H3. The summed E-state index contributed by atoms with van der Waals surface area (Å²) in [7, 11) is 0. The zero-order valence-corrected chi connectivity index (χ0v) is 16.8. The number of rotatable bonds is 8. The summed E-state index contributed by atoms with van der Waals surface area (Å²) in [5.74, 6) is -0.726. The number of carbonyl (C=O) groups excluding carboxylic acids is 2. The van der Waals surface area contributed by atoms with Gasteiger partial charge in [-0.1, -0.05) is 52.8 Å². The molecule has 0 saturated carbocycles. The van der Waals surface area contributed by atoms with Crippen molar-refractivity contribution in [1.82, 2.24) is 5.32 Å². The predicted molar refractivity (Wildman–Crippen MR) is 107 cm³/mol. The number of ether oxygens (including phenoxy) is 2. The Balaban J connectivity index is 2.40. The molecule has 0 aromatic heterocycles. The van der Waals surface area contributed by atoms with Gasteiger partial charge in [0.05, 0.1) is 11.8 Å². The topological polar surface area (TPSA) is 64.6 Å². The Hall–Kier alpha value is -2.40. The highest BCUT2D eigenvalue weighted by molar-refractivity contribution is 5.89. The van der Waals surface area contributed by atoms with Crippen LogP contribution in [0.3, 0.4) is 0 Å². The lowest BCUT2D eigenvalue weighted by Crippen LogP contribution is -2.18. The molecule has 0 saturated heterocycles. The van der Waals surface area contributed by atoms with E-state index >= 15 is 0 Å². The molecule has 0 spiro atoms. The van der Waals surface area contributed by atoms with E-state index in [2.05, 4.69) is 24.4 Å². The number of hydrogen-bond donors (Lipinski definition) is 1. The second-order valence-corrected chi connectivity index (χ2v) is 7.24. The minimum atomic E-state index is -0.363. The van der Waals surface area contributed by atoms with E-state index in [0.29, 0.717) is 0 Å². The highest BCUT2D eigenvalue weighted by atomic mass is 16.6. The van der Waals surface area contributed by atoms with Crippen LogP contribution < -0.4 is 14.8 Å². The number of likely N-dealkylation sites (N-methyl/N-ethyl adjacent to an activating group) is 1. The van der Waals surface area contributed by atoms with Gasteiger partial charge in [0.25, 0.3) is 0 Å². The van der Waals surface area contributed by atoms with E-state index in [1.54, 1.807) is 39.8 Å². The van der Waals surface area contributed by atoms with E-state index in [1.807, 2.05) is 6.07 Å². The van der Waals surface area contributed by atoms with Crippen LogP contribution in [0.15, 0.2) is 30.3 Å². The van der Waals surface area contributed by atoms with Crippen molar-refractivity contribution in [3.8, 4) is 11.5 Å². The molecule has 0 aliphatic heterocycles. The lowest BCUT2D eigenvalue weighted by molar-refractivity contribution is -0.140. The van der Waals surface area contributed by atoms with Gasteiger partial charge in [0, 0.05) is 0 Å². The molecular formula is C22H29NO4. The second-order valence-electron chi connectivity index (χ2n) is 7.24. The van der Waals surface area contributed by atoms with Crippen LogP contribution in [0.5, 0.6) is 11.5 Å². The van der Waals surface area contributed by atoms with Crippen molar-refractivity contribution in [3.63, 3.8) is 0 Å². The largest absolute Gasteiger partial charge is 0.422 e. The van der Waals surface area contributed by atoms with Gasteiger partial charge in [0.2, 0.25) is 0 Å². The molecule has 0 aliphatic rings. The number of fused-ring (bicyclic) bond motifs is 1. The lowest BCUT2D eigenvalue weighted by atomic mass is 10.0. The summed E-state index contributed by atoms with van der Waals surface area (Å²) >= 11 is 0. The van der Waals surface area contributed by atoms with Crippen LogP contribution >= 0.6 is 0 Å². The Morgan fingerprint density at radius 3 is 1.96 bits per heavy atom. The molecule has 0 bridgehead atoms. The fourth-order valence-electron chi connectivity index (χ4n) is 2.48. The Morgan fingerprint density at radius 2 is 1.44 bits per heavy atom. The summed E-state index contributed by atoms with van der Waals surface area (Å²) in [5.41, 5.74) is 1.19. The average molecular weight is 371 g/mol. The predicted octanol–water partition coefficient (Wildman–Crippen LogP) is 4.11. The van der Waals surface area contributed by atoms with Crippen LogP contribution in [0.2, 0.25) is 0 Å². The minimum Gasteiger partial charge on any atom is -0.422 e. The van der Waals surface area contributed by atoms with Gasteiger partial charge >= 0.3 is 11.9 Å². The van der Waals surface area contributed by atoms with E-state index in [9.17, 15) is 9.59 Å². The van der Waals surface area contributed by atoms with Crippen LogP contribution in [-0.2, 0) is 16.0 Å². The first-order valence-corrected chi connectivity index (χ1v) is 9.52. The minimum absolute atomic E-state index is 0.274. The zero-order valence-electron chi connectivity index (χ0n) is 16.8. The number of carbonyl (C=O) groups is 2. The quantitative estimate of drug-likeness (QED) is 0.430. The molecule has 0 aliphatic carbocycles. The summed E-state index contributed by atoms with van der Waals surface area (Å²) < 4.78 is 11.0. The van der Waals surface area contributed by atoms with Crippen molar-refractivity contribution in [3.05, 3.63) is 35.9 Å². The van der Waals surface area contributed by atoms with Crippen molar-refractivity contribution in [2.75, 3.05) is 13.1 Å². The van der Waals surface area contributed by atoms with E-state index < -0.39 is 0 Å². The number of esters is 2. The first-order valence-electron chi connectivity index (χ1n) is 9.52. The molecule has 1 N–H and O–H groups in total. The maximum absolute atomic E-state index is 12.1. The maximum Gasteiger partial charge on any atom is 0.313 e. The summed E-state index contributed by atoms with van der Waals surface area (Å²) in [4.78, 5) is 24.1. The second kappa shape index (κ2) is 9.51. The van der Waals surface area contributed by atoms with Gasteiger partial charge in [0.15, 0.2) is 11.5 Å². The van der Waals surface area contributed by atoms with E-state index in [-0.39, 0.29) is 35.3 Å². The van der Waals surface area contributed by atoms with Crippen LogP contribution in [0.4, 0.5) is 0 Å². The third kappa shape index (κ3) is 5.79. The Labute approximate surface area is 161 Å². The number of benzene rings is 2. The molecule has 5 heteroatoms. The van der Waals surface area contributed by atoms with Crippen LogP contribution in [0.1, 0.15) is 40.2 Å². The van der Waals surface area contributed by atoms with Gasteiger partial charge < -0.3 is 14.8 Å². The number of hydrogen-bond acceptors (Lipinski definition) is 5. The van der Waals surface area contributed by atoms with Crippen LogP contribution in [0, 0.1) is 11.8 Å². The van der Waals surface area contributed by atoms with Crippen molar-refractivity contribution >= 4 is 22.7 Å². The van der Waals surface area contributed by atoms with Gasteiger partial charge in [0.1, 0.15) is 0 Å². The smallest absolute Gasteiger partial charge is 0.313 e. The molecule has 2 aromatic carbocycles. The third-order valence-electron chi connectivity index (χ3n) is 4.17.